The number of fused-ring (bicyclic) bond motifs is 8. The lowest BCUT2D eigenvalue weighted by Crippen LogP contribution is -2.99. The number of aliphatic hydroxyl groups is 4. The number of anilines is 4. The Morgan fingerprint density at radius 2 is 1.48 bits per heavy atom. The van der Waals surface area contributed by atoms with Gasteiger partial charge in [0.25, 0.3) is 16.0 Å². The second-order valence-electron chi connectivity index (χ2n) is 37.7. The van der Waals surface area contributed by atoms with Crippen LogP contribution in [-0.2, 0) is 62.1 Å². The zero-order valence-electron chi connectivity index (χ0n) is 79.8. The number of hydrogen-bond acceptors (Lipinski definition) is 28. The van der Waals surface area contributed by atoms with Gasteiger partial charge >= 0.3 is 19.9 Å². The zero-order valence-corrected chi connectivity index (χ0v) is 82.3. The number of halogens is 5. The minimum absolute atomic E-state index is 0. The van der Waals surface area contributed by atoms with Crippen LogP contribution in [0.1, 0.15) is 230 Å². The van der Waals surface area contributed by atoms with Gasteiger partial charge in [-0.15, -0.1) is 11.6 Å². The van der Waals surface area contributed by atoms with E-state index >= 15 is 4.39 Å². The number of aliphatic hydroxyl groups excluding tert-OH is 2. The molecule has 5 heterocycles. The van der Waals surface area contributed by atoms with Crippen LogP contribution in [-0.4, -0.2) is 226 Å². The van der Waals surface area contributed by atoms with Crippen molar-refractivity contribution in [1.29, 1.82) is 0 Å². The fourth-order valence-electron chi connectivity index (χ4n) is 19.6. The molecule has 3 aliphatic heterocycles. The maximum atomic E-state index is 16.6. The number of phenols is 2. The Kier molecular flexibility index (Phi) is 40.6. The summed E-state index contributed by atoms with van der Waals surface area (Å²) in [6.45, 7) is 20.9. The number of ketones is 4. The number of hydrogen-bond donors (Lipinski definition) is 17. The third kappa shape index (κ3) is 27.8. The Hall–Kier alpha value is -10.1. The van der Waals surface area contributed by atoms with E-state index in [1.165, 1.54) is 56.0 Å². The summed E-state index contributed by atoms with van der Waals surface area (Å²) in [4.78, 5) is 99.9. The van der Waals surface area contributed by atoms with Gasteiger partial charge in [0, 0.05) is 155 Å². The highest BCUT2D eigenvalue weighted by atomic mass is 35.5. The summed E-state index contributed by atoms with van der Waals surface area (Å²) < 4.78 is 112. The number of carbonyl (C=O) groups is 7. The third-order valence-corrected chi connectivity index (χ3v) is 30.1. The van der Waals surface area contributed by atoms with Crippen molar-refractivity contribution in [2.45, 2.75) is 233 Å². The molecule has 7 aromatic rings. The van der Waals surface area contributed by atoms with Crippen molar-refractivity contribution in [1.82, 2.24) is 35.1 Å². The summed E-state index contributed by atoms with van der Waals surface area (Å²) in [7, 11) is -4.24. The molecule has 43 heteroatoms. The lowest BCUT2D eigenvalue weighted by molar-refractivity contribution is -0.991. The van der Waals surface area contributed by atoms with Gasteiger partial charge in [-0.2, -0.15) is 26.8 Å². The molecule has 9 aliphatic rings. The van der Waals surface area contributed by atoms with Gasteiger partial charge in [0.05, 0.1) is 59.7 Å². The average molecular weight is 2050 g/mol. The van der Waals surface area contributed by atoms with Crippen LogP contribution in [0.2, 0.25) is 0 Å². The number of Topliss-reactive ketones (excluding diaryl/α,β-unsaturated/α-hetero) is 1. The monoisotopic (exact) mass is 2050 g/mol. The van der Waals surface area contributed by atoms with E-state index in [0.29, 0.717) is 80.7 Å². The molecule has 15 atom stereocenters. The Bertz CT molecular complexity index is 5790. The van der Waals surface area contributed by atoms with Gasteiger partial charge in [-0.05, 0) is 202 Å². The number of aromatic hydroxyl groups is 2. The van der Waals surface area contributed by atoms with Crippen molar-refractivity contribution in [2.75, 3.05) is 74.5 Å². The maximum absolute atomic E-state index is 16.6. The van der Waals surface area contributed by atoms with E-state index in [4.69, 9.17) is 46.3 Å². The van der Waals surface area contributed by atoms with Gasteiger partial charge < -0.3 is 82.2 Å². The Balaban J connectivity index is 0.000000218. The second kappa shape index (κ2) is 49.2. The number of alkyl halides is 5. The van der Waals surface area contributed by atoms with E-state index in [1.807, 2.05) is 87.8 Å². The summed E-state index contributed by atoms with van der Waals surface area (Å²) in [5.41, 5.74) is 9.97. The number of urea groups is 1. The first-order chi connectivity index (χ1) is 65.7. The lowest BCUT2D eigenvalue weighted by atomic mass is 9.44. The number of aromatic nitrogens is 3. The van der Waals surface area contributed by atoms with E-state index in [0.717, 1.165) is 91.3 Å². The molecule has 3 saturated carbocycles. The first-order valence-electron chi connectivity index (χ1n) is 46.1. The van der Waals surface area contributed by atoms with Crippen molar-refractivity contribution < 1.29 is 129 Å². The van der Waals surface area contributed by atoms with E-state index < -0.39 is 158 Å². The number of likely N-dealkylation sites (tertiary alicyclic amines) is 1. The number of nitrogens with one attached hydrogen (secondary N) is 6. The summed E-state index contributed by atoms with van der Waals surface area (Å²) >= 11 is 5.65. The smallest absolute Gasteiger partial charge is 0.422 e. The number of ether oxygens (including phenoxy) is 2. The van der Waals surface area contributed by atoms with E-state index in [1.54, 1.807) is 57.6 Å². The van der Waals surface area contributed by atoms with Gasteiger partial charge in [-0.25, -0.2) is 39.6 Å². The molecule has 4 amide bonds. The molecule has 5 aromatic carbocycles. The predicted octanol–water partition coefficient (Wildman–Crippen LogP) is 13.7. The highest BCUT2D eigenvalue weighted by Crippen LogP contribution is 2.70. The number of rotatable bonds is 18. The number of quaternary nitrogens is 1. The Morgan fingerprint density at radius 3 is 2.06 bits per heavy atom. The fraction of sp³-hybridized carbons (Fsp3) is 0.515. The SMILES string of the molecule is C.C.CC(=O)[C@]1(O)Cc2c(O)c3c(c(O)c2[C@@H](O[C@H]2C[C@H](N)[C@H](O)[C@H](C)O2)C1)C(=O)c1ccccc1C3=O.CC(C)C(=O)Nc1ccc([NH+]([O-])O)c(C(F)(F)F)c1.CCCNP1(=O)OCCCN1CCCl.CS(=O)(=O)O.C[C@]1(O)CC[C@H]2[C@@H]3CCC4=CC(=O)CC[C@]4(C)[C@@]3(F)[C@@H](O)C[C@@]21C.Cc1ccc(NC(=O)c2ccc(CC3CCN(C)CC3)cc2)cc1Nc1nccc(-c2cccnc2)n1.NC(=O)NO. The van der Waals surface area contributed by atoms with Crippen molar-refractivity contribution >= 4 is 99.1 Å². The molecule has 0 spiro atoms. The second-order valence-corrected chi connectivity index (χ2v) is 41.7. The van der Waals surface area contributed by atoms with Gasteiger partial charge in [0.1, 0.15) is 28.3 Å². The topological polar surface area (TPSA) is 565 Å². The van der Waals surface area contributed by atoms with Gasteiger partial charge in [-0.1, -0.05) is 97.5 Å². The zero-order chi connectivity index (χ0) is 103. The van der Waals surface area contributed by atoms with E-state index in [-0.39, 0.29) is 90.3 Å². The van der Waals surface area contributed by atoms with Crippen LogP contribution in [0.5, 0.6) is 11.5 Å². The quantitative estimate of drug-likeness (QED) is 0.00721. The van der Waals surface area contributed by atoms with Crippen molar-refractivity contribution in [3.05, 3.63) is 194 Å². The molecule has 0 radical (unpaired) electrons. The van der Waals surface area contributed by atoms with Gasteiger partial charge in [0.15, 0.2) is 35.1 Å². The number of carbonyl (C=O) groups excluding carboxylic acids is 7. The van der Waals surface area contributed by atoms with Crippen LogP contribution in [0.25, 0.3) is 11.3 Å². The minimum atomic E-state index is -4.80. The number of aryl methyl sites for hydroxylation is 1. The molecule has 6 fully saturated rings. The van der Waals surface area contributed by atoms with Crippen molar-refractivity contribution in [3.63, 3.8) is 0 Å². The number of benzene rings is 5. The normalized spacial score (nSPS) is 26.7. The summed E-state index contributed by atoms with van der Waals surface area (Å²) in [6, 6.07) is 26.5. The highest BCUT2D eigenvalue weighted by molar-refractivity contribution is 7.85. The number of allylic oxidation sites excluding steroid dienone is 1. The van der Waals surface area contributed by atoms with Crippen LogP contribution in [0, 0.1) is 46.6 Å². The molecule has 36 nitrogen and oxygen atoms in total. The number of primary amides is 1. The fourth-order valence-corrected chi connectivity index (χ4v) is 22.0. The average Bonchev–Trinajstić information content (AvgIpc) is 1.45. The first-order valence-corrected chi connectivity index (χ1v) is 50.1. The number of nitrogens with zero attached hydrogens (tertiary/aromatic N) is 5. The molecule has 6 aliphatic carbocycles. The molecular formula is C99H135ClF4N13O23PS. The van der Waals surface area contributed by atoms with Crippen LogP contribution in [0.4, 0.5) is 51.1 Å². The van der Waals surface area contributed by atoms with Gasteiger partial charge in [0.2, 0.25) is 11.9 Å². The largest absolute Gasteiger partial charge is 0.595 e. The van der Waals surface area contributed by atoms with Crippen LogP contribution < -0.4 is 43.2 Å². The van der Waals surface area contributed by atoms with Crippen LogP contribution in [0.3, 0.4) is 0 Å². The number of amides is 4. The molecule has 16 rings (SSSR count). The van der Waals surface area contributed by atoms with E-state index in [9.17, 15) is 95.6 Å². The summed E-state index contributed by atoms with van der Waals surface area (Å²) in [5, 5.41) is 102. The summed E-state index contributed by atoms with van der Waals surface area (Å²) in [5.74, 6) is -2.40. The Morgan fingerprint density at radius 1 is 0.852 bits per heavy atom. The van der Waals surface area contributed by atoms with Crippen LogP contribution in [0.15, 0.2) is 133 Å². The molecule has 19 N–H and O–H groups in total. The molecule has 780 valence electrons. The van der Waals surface area contributed by atoms with Crippen molar-refractivity contribution in [2.24, 2.45) is 46.0 Å². The number of hydroxylamine groups is 1. The number of nitrogens with two attached hydrogens (primary N) is 2. The van der Waals surface area contributed by atoms with Gasteiger partial charge in [-0.3, -0.25) is 48.1 Å². The van der Waals surface area contributed by atoms with Crippen LogP contribution >= 0.6 is 19.3 Å². The molecule has 2 aromatic heterocycles. The van der Waals surface area contributed by atoms with Crippen molar-refractivity contribution in [3.8, 4) is 22.8 Å². The number of piperidine rings is 1. The lowest BCUT2D eigenvalue weighted by Gasteiger charge is -2.63. The number of phenolic OH excluding ortho intramolecular Hbond substituents is 2. The molecular weight excluding hydrogens is 1910 g/mol. The number of pyridine rings is 1. The summed E-state index contributed by atoms with van der Waals surface area (Å²) in [6.07, 6.45) is 6.79. The minimum Gasteiger partial charge on any atom is -0.595 e. The predicted molar refractivity (Wildman–Crippen MR) is 526 cm³/mol. The third-order valence-electron chi connectivity index (χ3n) is 27.6. The molecule has 2 unspecified atom stereocenters. The van der Waals surface area contributed by atoms with E-state index in [2.05, 4.69) is 65.8 Å². The standard InChI is InChI=1S/C30H32N6O.C26H27NO9.C20H29FO3.C11H13F3N2O3.C8H18ClN2O2P.CH4N2O2.CH4O3S.2CH4/c1-21-5-10-26(19-28(21)35-30-32-15-11-27(34-30)25-4-3-14-31-20-25)33-29(37)24-8-6-22(7-9-24)18-23-12-16-36(2)17-13-23;1-10-21(29)15(27)7-17(35-10)36-16-9-26(34,11(2)28)8-14-18(16)25(33)20-19(24(14)32)22(30)12-5-3-4-6-13(12)23(20)31;1-17-8-6-13(22)10-12(17)4-5-15-14-7-9-19(3,24)18(14,2)11-16(23)20(15,17)21;1-6(2)10(17)15-7-3-4-9(16(18)19)8(5-7)11(12,13)14;1-2-5-10-14(12)11(7-4-9)6-3-8-13-14;2-1(4)3-5;1-5(2,3)4;;/h3-11,14-15,19-20,23H,12-13,16-18H2,1-2H3,(H,33,37)(H,32,34,35);3-6,10,15-17,21,29,32-34H,7-9,27H2,1-2H3;10,14-16,23-24H,4-9,11H2,1-3H3;3-6,16,18H,1-2H3,(H,15,17);2-8H2,1H3,(H,10,12);5H,(H3,2,3,4);1H3,(H,2,3,4);2*1H4/t;10-,15-,16-,17-,21+,26-;14-,15-,16-,17-,18-,19-,20-;;;;;;/m.00....../s1. The first kappa shape index (κ1) is 117. The Labute approximate surface area is 829 Å². The maximum Gasteiger partial charge on any atom is 0.422 e. The molecule has 0 bridgehead atoms. The highest BCUT2D eigenvalue weighted by Gasteiger charge is 2.72. The molecule has 142 heavy (non-hydrogen) atoms. The molecule has 3 saturated heterocycles.